The molecule has 0 radical (unpaired) electrons. The molecule has 1 spiro atoms. The standard InChI is InChI=1S/C9H10O3/c10-8-4-9(5-11-8)3-6-1-2-7(9)12-6/h1-2,6-7H,3-5H2. The second-order valence-corrected chi connectivity index (χ2v) is 3.88. The molecule has 3 aliphatic rings. The van der Waals surface area contributed by atoms with Crippen LogP contribution in [0.3, 0.4) is 0 Å². The van der Waals surface area contributed by atoms with Gasteiger partial charge in [-0.3, -0.25) is 4.79 Å². The summed E-state index contributed by atoms with van der Waals surface area (Å²) in [5.74, 6) is -0.0699. The van der Waals surface area contributed by atoms with Gasteiger partial charge in [0.05, 0.1) is 18.6 Å². The van der Waals surface area contributed by atoms with E-state index >= 15 is 0 Å². The van der Waals surface area contributed by atoms with Crippen molar-refractivity contribution in [1.29, 1.82) is 0 Å². The summed E-state index contributed by atoms with van der Waals surface area (Å²) in [6.07, 6.45) is 6.02. The Bertz CT molecular complexity index is 271. The molecule has 0 saturated carbocycles. The molecule has 0 N–H and O–H groups in total. The van der Waals surface area contributed by atoms with E-state index < -0.39 is 0 Å². The normalized spacial score (nSPS) is 49.2. The molecule has 2 bridgehead atoms. The van der Waals surface area contributed by atoms with Gasteiger partial charge >= 0.3 is 5.97 Å². The van der Waals surface area contributed by atoms with E-state index in [0.29, 0.717) is 13.0 Å². The van der Waals surface area contributed by atoms with Crippen molar-refractivity contribution in [3.05, 3.63) is 12.2 Å². The van der Waals surface area contributed by atoms with E-state index in [1.54, 1.807) is 0 Å². The molecule has 12 heavy (non-hydrogen) atoms. The highest BCUT2D eigenvalue weighted by Gasteiger charge is 2.54. The van der Waals surface area contributed by atoms with Crippen LogP contribution in [0.1, 0.15) is 12.8 Å². The maximum atomic E-state index is 11.0. The van der Waals surface area contributed by atoms with E-state index in [1.165, 1.54) is 0 Å². The van der Waals surface area contributed by atoms with Crippen LogP contribution in [0.25, 0.3) is 0 Å². The predicted octanol–water partition coefficient (Wildman–Crippen LogP) is 0.647. The average Bonchev–Trinajstić information content (AvgIpc) is 2.67. The third-order valence-corrected chi connectivity index (χ3v) is 3.05. The Kier molecular flexibility index (Phi) is 1.06. The second-order valence-electron chi connectivity index (χ2n) is 3.88. The first kappa shape index (κ1) is 6.66. The first-order chi connectivity index (χ1) is 5.78. The molecular weight excluding hydrogens is 156 g/mol. The van der Waals surface area contributed by atoms with Gasteiger partial charge in [-0.15, -0.1) is 0 Å². The zero-order valence-electron chi connectivity index (χ0n) is 6.66. The van der Waals surface area contributed by atoms with Crippen molar-refractivity contribution in [1.82, 2.24) is 0 Å². The highest BCUT2D eigenvalue weighted by Crippen LogP contribution is 2.49. The maximum absolute atomic E-state index is 11.0. The fourth-order valence-corrected chi connectivity index (χ4v) is 2.41. The number of esters is 1. The molecule has 0 aromatic rings. The number of hydrogen-bond acceptors (Lipinski definition) is 3. The lowest BCUT2D eigenvalue weighted by molar-refractivity contribution is -0.137. The molecule has 0 aliphatic carbocycles. The van der Waals surface area contributed by atoms with Crippen molar-refractivity contribution in [3.63, 3.8) is 0 Å². The summed E-state index contributed by atoms with van der Waals surface area (Å²) in [6, 6.07) is 0. The number of carbonyl (C=O) groups is 1. The molecule has 3 rings (SSSR count). The molecule has 0 aromatic heterocycles. The lowest BCUT2D eigenvalue weighted by Crippen LogP contribution is -2.30. The smallest absolute Gasteiger partial charge is 0.306 e. The third kappa shape index (κ3) is 0.672. The van der Waals surface area contributed by atoms with Crippen LogP contribution in [0.2, 0.25) is 0 Å². The van der Waals surface area contributed by atoms with Gasteiger partial charge in [-0.05, 0) is 6.42 Å². The number of carbonyl (C=O) groups excluding carboxylic acids is 1. The van der Waals surface area contributed by atoms with Gasteiger partial charge in [0.15, 0.2) is 0 Å². The zero-order chi connectivity index (χ0) is 8.18. The molecule has 2 saturated heterocycles. The van der Waals surface area contributed by atoms with Crippen LogP contribution >= 0.6 is 0 Å². The van der Waals surface area contributed by atoms with Crippen LogP contribution in [0.5, 0.6) is 0 Å². The largest absolute Gasteiger partial charge is 0.465 e. The number of cyclic esters (lactones) is 1. The van der Waals surface area contributed by atoms with Gasteiger partial charge in [-0.25, -0.2) is 0 Å². The Labute approximate surface area is 70.3 Å². The van der Waals surface area contributed by atoms with Gasteiger partial charge in [0.2, 0.25) is 0 Å². The average molecular weight is 166 g/mol. The Morgan fingerprint density at radius 3 is 2.92 bits per heavy atom. The maximum Gasteiger partial charge on any atom is 0.306 e. The fourth-order valence-electron chi connectivity index (χ4n) is 2.41. The molecule has 3 unspecified atom stereocenters. The Hall–Kier alpha value is -0.830. The minimum atomic E-state index is -0.0699. The van der Waals surface area contributed by atoms with E-state index in [0.717, 1.165) is 6.42 Å². The monoisotopic (exact) mass is 166 g/mol. The van der Waals surface area contributed by atoms with Gasteiger partial charge < -0.3 is 9.47 Å². The van der Waals surface area contributed by atoms with E-state index in [2.05, 4.69) is 12.2 Å². The quantitative estimate of drug-likeness (QED) is 0.391. The molecule has 64 valence electrons. The third-order valence-electron chi connectivity index (χ3n) is 3.05. The molecule has 3 aliphatic heterocycles. The summed E-state index contributed by atoms with van der Waals surface area (Å²) in [4.78, 5) is 11.0. The lowest BCUT2D eigenvalue weighted by Gasteiger charge is -2.23. The van der Waals surface area contributed by atoms with Gasteiger partial charge in [0.1, 0.15) is 6.61 Å². The van der Waals surface area contributed by atoms with Crippen LogP contribution in [0.15, 0.2) is 12.2 Å². The molecule has 2 fully saturated rings. The van der Waals surface area contributed by atoms with E-state index in [1.807, 2.05) is 0 Å². The first-order valence-corrected chi connectivity index (χ1v) is 4.28. The van der Waals surface area contributed by atoms with Crippen molar-refractivity contribution in [2.24, 2.45) is 5.41 Å². The van der Waals surface area contributed by atoms with Crippen LogP contribution in [-0.4, -0.2) is 24.8 Å². The Morgan fingerprint density at radius 1 is 1.50 bits per heavy atom. The summed E-state index contributed by atoms with van der Waals surface area (Å²) in [6.45, 7) is 0.553. The zero-order valence-corrected chi connectivity index (χ0v) is 6.66. The van der Waals surface area contributed by atoms with E-state index in [-0.39, 0.29) is 23.6 Å². The van der Waals surface area contributed by atoms with E-state index in [9.17, 15) is 4.79 Å². The number of rotatable bonds is 0. The molecule has 3 nitrogen and oxygen atoms in total. The van der Waals surface area contributed by atoms with Crippen molar-refractivity contribution in [3.8, 4) is 0 Å². The topological polar surface area (TPSA) is 35.5 Å². The van der Waals surface area contributed by atoms with Gasteiger partial charge in [-0.1, -0.05) is 12.2 Å². The molecule has 3 atom stereocenters. The van der Waals surface area contributed by atoms with Crippen molar-refractivity contribution in [2.75, 3.05) is 6.61 Å². The number of fused-ring (bicyclic) bond motifs is 3. The summed E-state index contributed by atoms with van der Waals surface area (Å²) >= 11 is 0. The minimum Gasteiger partial charge on any atom is -0.465 e. The van der Waals surface area contributed by atoms with Crippen molar-refractivity contribution < 1.29 is 14.3 Å². The molecule has 0 aromatic carbocycles. The van der Waals surface area contributed by atoms with Crippen LogP contribution in [0, 0.1) is 5.41 Å². The summed E-state index contributed by atoms with van der Waals surface area (Å²) in [7, 11) is 0. The second kappa shape index (κ2) is 1.91. The Morgan fingerprint density at radius 2 is 2.42 bits per heavy atom. The van der Waals surface area contributed by atoms with Gasteiger partial charge in [0.25, 0.3) is 0 Å². The van der Waals surface area contributed by atoms with Crippen LogP contribution in [-0.2, 0) is 14.3 Å². The molecule has 0 amide bonds. The lowest BCUT2D eigenvalue weighted by atomic mass is 9.76. The van der Waals surface area contributed by atoms with Crippen molar-refractivity contribution in [2.45, 2.75) is 25.0 Å². The van der Waals surface area contributed by atoms with Crippen LogP contribution < -0.4 is 0 Å². The summed E-state index contributed by atoms with van der Waals surface area (Å²) in [5, 5.41) is 0. The van der Waals surface area contributed by atoms with Crippen molar-refractivity contribution >= 4 is 5.97 Å². The summed E-state index contributed by atoms with van der Waals surface area (Å²) in [5.41, 5.74) is -0.00347. The molecule has 3 heteroatoms. The molecular formula is C9H10O3. The SMILES string of the molecule is O=C1CC2(CO1)CC1C=CC2O1. The van der Waals surface area contributed by atoms with Crippen LogP contribution in [0.4, 0.5) is 0 Å². The Balaban J connectivity index is 1.94. The highest BCUT2D eigenvalue weighted by atomic mass is 16.6. The number of hydrogen-bond donors (Lipinski definition) is 0. The first-order valence-electron chi connectivity index (χ1n) is 4.28. The predicted molar refractivity (Wildman–Crippen MR) is 40.4 cm³/mol. The fraction of sp³-hybridized carbons (Fsp3) is 0.667. The molecule has 3 heterocycles. The highest BCUT2D eigenvalue weighted by molar-refractivity contribution is 5.73. The van der Waals surface area contributed by atoms with Gasteiger partial charge in [0, 0.05) is 5.41 Å². The van der Waals surface area contributed by atoms with Gasteiger partial charge in [-0.2, -0.15) is 0 Å². The summed E-state index contributed by atoms with van der Waals surface area (Å²) < 4.78 is 10.6. The minimum absolute atomic E-state index is 0.00347. The van der Waals surface area contributed by atoms with E-state index in [4.69, 9.17) is 9.47 Å². The number of ether oxygens (including phenoxy) is 2.